The van der Waals surface area contributed by atoms with Gasteiger partial charge in [0.2, 0.25) is 5.95 Å². The van der Waals surface area contributed by atoms with Crippen LogP contribution in [0.4, 0.5) is 5.95 Å². The number of aromatic nitrogens is 2. The molecule has 3 nitrogen and oxygen atoms in total. The van der Waals surface area contributed by atoms with Crippen LogP contribution < -0.4 is 4.72 Å². The van der Waals surface area contributed by atoms with Crippen molar-refractivity contribution in [1.82, 2.24) is 9.97 Å². The number of aryl methyl sites for hydroxylation is 1. The largest absolute Gasteiger partial charge is 0.298 e. The van der Waals surface area contributed by atoms with E-state index in [2.05, 4.69) is 41.5 Å². The fourth-order valence-electron chi connectivity index (χ4n) is 1.23. The van der Waals surface area contributed by atoms with Gasteiger partial charge in [0.25, 0.3) is 0 Å². The van der Waals surface area contributed by atoms with Crippen molar-refractivity contribution < 1.29 is 0 Å². The SMILES string of the molecule is CCC(C)(C)c1cc(C)nc(NSC)n1. The lowest BCUT2D eigenvalue weighted by atomic mass is 9.86. The van der Waals surface area contributed by atoms with E-state index in [4.69, 9.17) is 0 Å². The standard InChI is InChI=1S/C11H19N3S/c1-6-11(3,4)9-7-8(2)12-10(13-9)14-15-5/h7H,6H2,1-5H3,(H,12,13,14). The summed E-state index contributed by atoms with van der Waals surface area (Å²) in [7, 11) is 0. The molecular weight excluding hydrogens is 206 g/mol. The minimum Gasteiger partial charge on any atom is -0.298 e. The molecule has 84 valence electrons. The number of nitrogens with zero attached hydrogens (tertiary/aromatic N) is 2. The van der Waals surface area contributed by atoms with Crippen molar-refractivity contribution in [2.75, 3.05) is 11.0 Å². The topological polar surface area (TPSA) is 37.8 Å². The summed E-state index contributed by atoms with van der Waals surface area (Å²) in [6, 6.07) is 2.06. The van der Waals surface area contributed by atoms with E-state index in [9.17, 15) is 0 Å². The molecule has 0 spiro atoms. The van der Waals surface area contributed by atoms with E-state index in [1.165, 1.54) is 11.9 Å². The normalized spacial score (nSPS) is 11.5. The molecule has 0 saturated heterocycles. The Hall–Kier alpha value is -0.770. The van der Waals surface area contributed by atoms with E-state index in [1.54, 1.807) is 0 Å². The van der Waals surface area contributed by atoms with Crippen molar-refractivity contribution in [1.29, 1.82) is 0 Å². The predicted octanol–water partition coefficient (Wildman–Crippen LogP) is 3.16. The monoisotopic (exact) mass is 225 g/mol. The van der Waals surface area contributed by atoms with Crippen LogP contribution in [0.1, 0.15) is 38.6 Å². The molecule has 1 aromatic heterocycles. The molecule has 0 aliphatic rings. The van der Waals surface area contributed by atoms with Crippen molar-refractivity contribution in [2.45, 2.75) is 39.5 Å². The number of hydrogen-bond acceptors (Lipinski definition) is 4. The van der Waals surface area contributed by atoms with Gasteiger partial charge in [-0.1, -0.05) is 32.7 Å². The van der Waals surface area contributed by atoms with Crippen molar-refractivity contribution >= 4 is 17.9 Å². The molecule has 0 aromatic carbocycles. The fourth-order valence-corrected chi connectivity index (χ4v) is 1.51. The Kier molecular flexibility index (Phi) is 3.97. The van der Waals surface area contributed by atoms with Crippen molar-refractivity contribution in [3.05, 3.63) is 17.5 Å². The zero-order chi connectivity index (χ0) is 11.5. The van der Waals surface area contributed by atoms with Gasteiger partial charge in [0.15, 0.2) is 0 Å². The third-order valence-corrected chi connectivity index (χ3v) is 3.01. The Balaban J connectivity index is 3.08. The lowest BCUT2D eigenvalue weighted by molar-refractivity contribution is 0.489. The van der Waals surface area contributed by atoms with Gasteiger partial charge in [-0.2, -0.15) is 0 Å². The van der Waals surface area contributed by atoms with Gasteiger partial charge < -0.3 is 0 Å². The maximum absolute atomic E-state index is 4.52. The molecule has 0 radical (unpaired) electrons. The Morgan fingerprint density at radius 1 is 1.40 bits per heavy atom. The molecule has 0 amide bonds. The summed E-state index contributed by atoms with van der Waals surface area (Å²) in [6.45, 7) is 8.59. The molecule has 0 aliphatic heterocycles. The predicted molar refractivity (Wildman–Crippen MR) is 67.2 cm³/mol. The van der Waals surface area contributed by atoms with Crippen LogP contribution in [0.15, 0.2) is 6.07 Å². The molecule has 0 unspecified atom stereocenters. The minimum atomic E-state index is 0.114. The first-order valence-electron chi connectivity index (χ1n) is 5.14. The molecule has 1 aromatic rings. The minimum absolute atomic E-state index is 0.114. The maximum Gasteiger partial charge on any atom is 0.233 e. The lowest BCUT2D eigenvalue weighted by Gasteiger charge is -2.22. The van der Waals surface area contributed by atoms with E-state index in [-0.39, 0.29) is 5.41 Å². The van der Waals surface area contributed by atoms with Crippen LogP contribution in [0.25, 0.3) is 0 Å². The van der Waals surface area contributed by atoms with Crippen LogP contribution in [0.3, 0.4) is 0 Å². The molecule has 0 saturated carbocycles. The zero-order valence-corrected chi connectivity index (χ0v) is 10.9. The smallest absolute Gasteiger partial charge is 0.233 e. The molecular formula is C11H19N3S. The molecule has 15 heavy (non-hydrogen) atoms. The molecule has 0 aliphatic carbocycles. The fraction of sp³-hybridized carbons (Fsp3) is 0.636. The van der Waals surface area contributed by atoms with E-state index in [1.807, 2.05) is 13.2 Å². The molecule has 4 heteroatoms. The van der Waals surface area contributed by atoms with Crippen LogP contribution in [0, 0.1) is 6.92 Å². The second kappa shape index (κ2) is 4.84. The Morgan fingerprint density at radius 3 is 2.60 bits per heavy atom. The van der Waals surface area contributed by atoms with E-state index in [0.29, 0.717) is 5.95 Å². The first kappa shape index (κ1) is 12.3. The molecule has 0 bridgehead atoms. The Labute approximate surface area is 96.2 Å². The van der Waals surface area contributed by atoms with Gasteiger partial charge in [-0.3, -0.25) is 4.72 Å². The quantitative estimate of drug-likeness (QED) is 0.799. The third-order valence-electron chi connectivity index (χ3n) is 2.62. The summed E-state index contributed by atoms with van der Waals surface area (Å²) in [5.41, 5.74) is 2.23. The van der Waals surface area contributed by atoms with Gasteiger partial charge >= 0.3 is 0 Å². The van der Waals surface area contributed by atoms with Crippen molar-refractivity contribution in [2.24, 2.45) is 0 Å². The molecule has 1 heterocycles. The summed E-state index contributed by atoms with van der Waals surface area (Å²) in [5, 5.41) is 0. The first-order valence-corrected chi connectivity index (χ1v) is 6.37. The lowest BCUT2D eigenvalue weighted by Crippen LogP contribution is -2.18. The van der Waals surface area contributed by atoms with Gasteiger partial charge in [-0.15, -0.1) is 0 Å². The molecule has 1 rings (SSSR count). The summed E-state index contributed by atoms with van der Waals surface area (Å²) >= 11 is 1.52. The number of anilines is 1. The highest BCUT2D eigenvalue weighted by Gasteiger charge is 2.20. The summed E-state index contributed by atoms with van der Waals surface area (Å²) in [5.74, 6) is 0.707. The molecule has 0 atom stereocenters. The highest BCUT2D eigenvalue weighted by molar-refractivity contribution is 7.99. The molecule has 0 fully saturated rings. The first-order chi connectivity index (χ1) is 6.99. The summed E-state index contributed by atoms with van der Waals surface area (Å²) in [6.07, 6.45) is 3.04. The van der Waals surface area contributed by atoms with E-state index in [0.717, 1.165) is 17.8 Å². The Bertz CT molecular complexity index is 337. The van der Waals surface area contributed by atoms with Crippen molar-refractivity contribution in [3.8, 4) is 0 Å². The van der Waals surface area contributed by atoms with Crippen LogP contribution in [-0.2, 0) is 5.41 Å². The van der Waals surface area contributed by atoms with Gasteiger partial charge in [0.05, 0.1) is 5.69 Å². The summed E-state index contributed by atoms with van der Waals surface area (Å²) in [4.78, 5) is 8.85. The van der Waals surface area contributed by atoms with Crippen LogP contribution in [0.5, 0.6) is 0 Å². The zero-order valence-electron chi connectivity index (χ0n) is 10.1. The second-order valence-electron chi connectivity index (χ2n) is 4.26. The van der Waals surface area contributed by atoms with E-state index >= 15 is 0 Å². The maximum atomic E-state index is 4.52. The third kappa shape index (κ3) is 3.09. The number of rotatable bonds is 4. The van der Waals surface area contributed by atoms with Gasteiger partial charge in [-0.05, 0) is 19.4 Å². The van der Waals surface area contributed by atoms with Gasteiger partial charge in [-0.25, -0.2) is 9.97 Å². The number of hydrogen-bond donors (Lipinski definition) is 1. The van der Waals surface area contributed by atoms with Crippen LogP contribution >= 0.6 is 11.9 Å². The average molecular weight is 225 g/mol. The van der Waals surface area contributed by atoms with Crippen LogP contribution in [-0.4, -0.2) is 16.2 Å². The average Bonchev–Trinajstić information content (AvgIpc) is 2.17. The highest BCUT2D eigenvalue weighted by atomic mass is 32.2. The van der Waals surface area contributed by atoms with Gasteiger partial charge in [0.1, 0.15) is 0 Å². The second-order valence-corrected chi connectivity index (χ2v) is 4.87. The highest BCUT2D eigenvalue weighted by Crippen LogP contribution is 2.26. The number of nitrogens with one attached hydrogen (secondary N) is 1. The van der Waals surface area contributed by atoms with E-state index < -0.39 is 0 Å². The van der Waals surface area contributed by atoms with Crippen LogP contribution in [0.2, 0.25) is 0 Å². The summed E-state index contributed by atoms with van der Waals surface area (Å²) < 4.78 is 3.08. The molecule has 1 N–H and O–H groups in total. The van der Waals surface area contributed by atoms with Gasteiger partial charge in [0, 0.05) is 17.4 Å². The van der Waals surface area contributed by atoms with Crippen molar-refractivity contribution in [3.63, 3.8) is 0 Å². The Morgan fingerprint density at radius 2 is 2.07 bits per heavy atom.